The summed E-state index contributed by atoms with van der Waals surface area (Å²) in [7, 11) is -3.20. The van der Waals surface area contributed by atoms with Gasteiger partial charge in [-0.3, -0.25) is 4.79 Å². The Bertz CT molecular complexity index is 408. The van der Waals surface area contributed by atoms with E-state index in [1.54, 1.807) is 20.8 Å². The smallest absolute Gasteiger partial charge is 0.240 e. The molecule has 0 spiro atoms. The highest BCUT2D eigenvalue weighted by atomic mass is 32.2. The molecule has 6 heteroatoms. The molecule has 1 fully saturated rings. The third kappa shape index (κ3) is 3.19. The van der Waals surface area contributed by atoms with E-state index in [4.69, 9.17) is 5.73 Å². The summed E-state index contributed by atoms with van der Waals surface area (Å²) < 4.78 is 22.0. The molecular weight excluding hydrogens is 240 g/mol. The lowest BCUT2D eigenvalue weighted by molar-refractivity contribution is -0.126. The highest BCUT2D eigenvalue weighted by Gasteiger charge is 2.44. The van der Waals surface area contributed by atoms with E-state index in [1.807, 2.05) is 0 Å². The molecule has 5 nitrogen and oxygen atoms in total. The molecule has 3 N–H and O–H groups in total. The van der Waals surface area contributed by atoms with Crippen LogP contribution in [0, 0.1) is 5.92 Å². The zero-order valence-electron chi connectivity index (χ0n) is 10.9. The van der Waals surface area contributed by atoms with Crippen molar-refractivity contribution in [3.63, 3.8) is 0 Å². The average Bonchev–Trinajstić information content (AvgIpc) is 2.95. The number of carbonyl (C=O) groups excluding carboxylic acids is 1. The molecule has 1 amide bonds. The van der Waals surface area contributed by atoms with E-state index in [1.165, 1.54) is 6.26 Å². The van der Waals surface area contributed by atoms with E-state index in [0.29, 0.717) is 0 Å². The van der Waals surface area contributed by atoms with Crippen LogP contribution in [0.3, 0.4) is 0 Å². The van der Waals surface area contributed by atoms with Crippen molar-refractivity contribution >= 4 is 15.7 Å². The fraction of sp³-hybridized carbons (Fsp3) is 0.909. The largest absolute Gasteiger partial charge is 0.353 e. The summed E-state index contributed by atoms with van der Waals surface area (Å²) in [6.45, 7) is 4.97. The predicted octanol–water partition coefficient (Wildman–Crippen LogP) is 0.0532. The molecule has 0 aromatic carbocycles. The predicted molar refractivity (Wildman–Crippen MR) is 67.2 cm³/mol. The zero-order valence-corrected chi connectivity index (χ0v) is 11.7. The van der Waals surface area contributed by atoms with Crippen molar-refractivity contribution in [2.24, 2.45) is 11.7 Å². The van der Waals surface area contributed by atoms with Crippen molar-refractivity contribution in [3.05, 3.63) is 0 Å². The number of hydrogen-bond donors (Lipinski definition) is 2. The second kappa shape index (κ2) is 4.24. The Morgan fingerprint density at radius 1 is 1.35 bits per heavy atom. The van der Waals surface area contributed by atoms with Crippen LogP contribution in [-0.2, 0) is 14.6 Å². The third-order valence-corrected chi connectivity index (χ3v) is 5.74. The molecule has 0 radical (unpaired) electrons. The van der Waals surface area contributed by atoms with E-state index < -0.39 is 20.1 Å². The molecule has 0 aromatic heterocycles. The summed E-state index contributed by atoms with van der Waals surface area (Å²) in [6, 6.07) is 0. The fourth-order valence-electron chi connectivity index (χ4n) is 1.48. The van der Waals surface area contributed by atoms with Crippen molar-refractivity contribution in [3.8, 4) is 0 Å². The monoisotopic (exact) mass is 262 g/mol. The van der Waals surface area contributed by atoms with Gasteiger partial charge < -0.3 is 11.1 Å². The summed E-state index contributed by atoms with van der Waals surface area (Å²) in [5.41, 5.74) is 5.06. The molecule has 17 heavy (non-hydrogen) atoms. The summed E-state index contributed by atoms with van der Waals surface area (Å²) in [4.78, 5) is 11.9. The summed E-state index contributed by atoms with van der Waals surface area (Å²) in [5, 5.41) is 2.65. The minimum absolute atomic E-state index is 0.0875. The standard InChI is InChI=1S/C11H22N2O3S/c1-10(2,17(4,15)16)7-13-9(14)11(3,12)8-5-6-8/h8H,5-7,12H2,1-4H3,(H,13,14). The van der Waals surface area contributed by atoms with Crippen LogP contribution in [0.1, 0.15) is 33.6 Å². The van der Waals surface area contributed by atoms with E-state index in [0.717, 1.165) is 12.8 Å². The molecule has 1 aliphatic rings. The first-order valence-corrected chi connectivity index (χ1v) is 7.64. The van der Waals surface area contributed by atoms with Gasteiger partial charge in [0, 0.05) is 12.8 Å². The maximum Gasteiger partial charge on any atom is 0.240 e. The Labute approximate surface area is 103 Å². The van der Waals surface area contributed by atoms with Crippen LogP contribution >= 0.6 is 0 Å². The van der Waals surface area contributed by atoms with E-state index in [9.17, 15) is 13.2 Å². The molecule has 0 bridgehead atoms. The Balaban J connectivity index is 2.60. The van der Waals surface area contributed by atoms with Crippen LogP contribution in [-0.4, -0.2) is 37.4 Å². The molecule has 0 heterocycles. The molecule has 0 aromatic rings. The molecule has 100 valence electrons. The number of nitrogens with one attached hydrogen (secondary N) is 1. The Kier molecular flexibility index (Phi) is 3.60. The van der Waals surface area contributed by atoms with Crippen LogP contribution in [0.15, 0.2) is 0 Å². The van der Waals surface area contributed by atoms with E-state index >= 15 is 0 Å². The van der Waals surface area contributed by atoms with Gasteiger partial charge in [0.05, 0.1) is 10.3 Å². The average molecular weight is 262 g/mol. The molecular formula is C11H22N2O3S. The van der Waals surface area contributed by atoms with Gasteiger partial charge in [0.25, 0.3) is 0 Å². The molecule has 0 aliphatic heterocycles. The second-order valence-corrected chi connectivity index (χ2v) is 8.42. The lowest BCUT2D eigenvalue weighted by atomic mass is 9.96. The zero-order chi connectivity index (χ0) is 13.5. The number of sulfone groups is 1. The van der Waals surface area contributed by atoms with Crippen LogP contribution in [0.2, 0.25) is 0 Å². The molecule has 1 aliphatic carbocycles. The van der Waals surface area contributed by atoms with E-state index in [-0.39, 0.29) is 18.4 Å². The highest BCUT2D eigenvalue weighted by Crippen LogP contribution is 2.38. The number of amides is 1. The van der Waals surface area contributed by atoms with E-state index in [2.05, 4.69) is 5.32 Å². The minimum Gasteiger partial charge on any atom is -0.353 e. The van der Waals surface area contributed by atoms with Gasteiger partial charge in [-0.1, -0.05) is 0 Å². The van der Waals surface area contributed by atoms with Crippen LogP contribution in [0.25, 0.3) is 0 Å². The first kappa shape index (κ1) is 14.4. The number of carbonyl (C=O) groups is 1. The normalized spacial score (nSPS) is 20.8. The Hall–Kier alpha value is -0.620. The molecule has 1 saturated carbocycles. The van der Waals surface area contributed by atoms with Gasteiger partial charge in [-0.15, -0.1) is 0 Å². The third-order valence-electron chi connectivity index (χ3n) is 3.59. The van der Waals surface area contributed by atoms with Gasteiger partial charge in [-0.2, -0.15) is 0 Å². The molecule has 1 atom stereocenters. The van der Waals surface area contributed by atoms with Gasteiger partial charge in [0.1, 0.15) is 0 Å². The van der Waals surface area contributed by atoms with Gasteiger partial charge in [0.2, 0.25) is 5.91 Å². The Morgan fingerprint density at radius 3 is 2.18 bits per heavy atom. The maximum absolute atomic E-state index is 11.9. The first-order valence-electron chi connectivity index (χ1n) is 5.75. The second-order valence-electron chi connectivity index (χ2n) is 5.77. The van der Waals surface area contributed by atoms with Crippen LogP contribution < -0.4 is 11.1 Å². The van der Waals surface area contributed by atoms with Gasteiger partial charge >= 0.3 is 0 Å². The van der Waals surface area contributed by atoms with Gasteiger partial charge in [0.15, 0.2) is 9.84 Å². The summed E-state index contributed by atoms with van der Waals surface area (Å²) in [5.74, 6) is -0.0411. The highest BCUT2D eigenvalue weighted by molar-refractivity contribution is 7.92. The van der Waals surface area contributed by atoms with Crippen molar-refractivity contribution in [1.29, 1.82) is 0 Å². The van der Waals surface area contributed by atoms with Gasteiger partial charge in [-0.05, 0) is 39.5 Å². The SMILES string of the molecule is CC(N)(C(=O)NCC(C)(C)S(C)(=O)=O)C1CC1. The molecule has 1 rings (SSSR count). The van der Waals surface area contributed by atoms with Crippen molar-refractivity contribution in [2.75, 3.05) is 12.8 Å². The maximum atomic E-state index is 11.9. The Morgan fingerprint density at radius 2 is 1.82 bits per heavy atom. The molecule has 0 saturated heterocycles. The lowest BCUT2D eigenvalue weighted by Gasteiger charge is -2.27. The number of rotatable bonds is 5. The lowest BCUT2D eigenvalue weighted by Crippen LogP contribution is -2.56. The topological polar surface area (TPSA) is 89.3 Å². The number of hydrogen-bond acceptors (Lipinski definition) is 4. The fourth-order valence-corrected chi connectivity index (χ4v) is 1.82. The summed E-state index contributed by atoms with van der Waals surface area (Å²) in [6.07, 6.45) is 3.10. The molecule has 1 unspecified atom stereocenters. The van der Waals surface area contributed by atoms with Crippen LogP contribution in [0.5, 0.6) is 0 Å². The number of nitrogens with two attached hydrogens (primary N) is 1. The van der Waals surface area contributed by atoms with Gasteiger partial charge in [-0.25, -0.2) is 8.42 Å². The van der Waals surface area contributed by atoms with Crippen molar-refractivity contribution in [2.45, 2.75) is 43.9 Å². The van der Waals surface area contributed by atoms with Crippen molar-refractivity contribution in [1.82, 2.24) is 5.32 Å². The quantitative estimate of drug-likeness (QED) is 0.733. The summed E-state index contributed by atoms with van der Waals surface area (Å²) >= 11 is 0. The van der Waals surface area contributed by atoms with Crippen molar-refractivity contribution < 1.29 is 13.2 Å². The van der Waals surface area contributed by atoms with Crippen LogP contribution in [0.4, 0.5) is 0 Å². The minimum atomic E-state index is -3.20. The first-order chi connectivity index (χ1) is 7.48.